The predicted molar refractivity (Wildman–Crippen MR) is 32.8 cm³/mol. The molecule has 0 aromatic rings. The number of imide groups is 1. The van der Waals surface area contributed by atoms with Crippen molar-refractivity contribution >= 4 is 17.9 Å². The Morgan fingerprint density at radius 3 is 2.58 bits per heavy atom. The minimum Gasteiger partial charge on any atom is -0.478 e. The smallest absolute Gasteiger partial charge is 0.360 e. The van der Waals surface area contributed by atoms with Gasteiger partial charge in [0.25, 0.3) is 12.2 Å². The van der Waals surface area contributed by atoms with E-state index in [0.717, 1.165) is 0 Å². The molecular formula is C5H5FN2O4. The predicted octanol–water partition coefficient (Wildman–Crippen LogP) is -1.08. The molecule has 1 aliphatic heterocycles. The van der Waals surface area contributed by atoms with Gasteiger partial charge < -0.3 is 10.4 Å². The monoisotopic (exact) mass is 176 g/mol. The number of rotatable bonds is 2. The topological polar surface area (TPSA) is 86.7 Å². The summed E-state index contributed by atoms with van der Waals surface area (Å²) in [6.07, 6.45) is -2.60. The molecule has 0 aliphatic carbocycles. The van der Waals surface area contributed by atoms with Crippen molar-refractivity contribution in [1.82, 2.24) is 10.2 Å². The third-order valence-electron chi connectivity index (χ3n) is 1.31. The van der Waals surface area contributed by atoms with Crippen molar-refractivity contribution in [2.24, 2.45) is 0 Å². The fourth-order valence-electron chi connectivity index (χ4n) is 0.775. The maximum Gasteiger partial charge on any atom is 0.360 e. The van der Waals surface area contributed by atoms with Crippen LogP contribution in [0.25, 0.3) is 0 Å². The molecule has 1 heterocycles. The summed E-state index contributed by atoms with van der Waals surface area (Å²) in [5, 5.41) is 10.1. The molecule has 2 N–H and O–H groups in total. The number of amides is 3. The minimum atomic E-state index is -2.60. The number of nitrogens with zero attached hydrogens (tertiary/aromatic N) is 1. The van der Waals surface area contributed by atoms with Crippen LogP contribution in [0, 0.1) is 0 Å². The van der Waals surface area contributed by atoms with E-state index < -0.39 is 24.2 Å². The number of hydrogen-bond donors (Lipinski definition) is 2. The number of nitrogens with one attached hydrogen (secondary N) is 1. The van der Waals surface area contributed by atoms with Gasteiger partial charge >= 0.3 is 12.0 Å². The van der Waals surface area contributed by atoms with E-state index >= 15 is 0 Å². The first-order valence-corrected chi connectivity index (χ1v) is 3.01. The molecule has 1 rings (SSSR count). The average Bonchev–Trinajstić information content (AvgIpc) is 2.30. The molecule has 1 fully saturated rings. The van der Waals surface area contributed by atoms with Crippen LogP contribution in [0.5, 0.6) is 0 Å². The lowest BCUT2D eigenvalue weighted by Crippen LogP contribution is -2.42. The number of alkyl halides is 1. The first-order valence-electron chi connectivity index (χ1n) is 3.01. The first-order chi connectivity index (χ1) is 5.54. The van der Waals surface area contributed by atoms with E-state index in [1.165, 1.54) is 0 Å². The Labute approximate surface area is 65.9 Å². The maximum atomic E-state index is 12.6. The summed E-state index contributed by atoms with van der Waals surface area (Å²) < 4.78 is 12.6. The molecule has 0 saturated carbocycles. The zero-order valence-corrected chi connectivity index (χ0v) is 5.78. The zero-order chi connectivity index (χ0) is 9.30. The van der Waals surface area contributed by atoms with Gasteiger partial charge in [0.15, 0.2) is 0 Å². The highest BCUT2D eigenvalue weighted by molar-refractivity contribution is 6.04. The standard InChI is InChI=1S/C5H5FN2O4/c6-3(4(10)11)8-2(9)1-7-5(8)12/h3H,1H2,(H,7,12)(H,10,11). The molecule has 0 aromatic heterocycles. The number of carbonyl (C=O) groups excluding carboxylic acids is 2. The molecule has 0 aromatic carbocycles. The number of carboxylic acids is 1. The Morgan fingerprint density at radius 2 is 2.25 bits per heavy atom. The molecular weight excluding hydrogens is 171 g/mol. The van der Waals surface area contributed by atoms with Gasteiger partial charge in [-0.15, -0.1) is 0 Å². The Kier molecular flexibility index (Phi) is 1.94. The van der Waals surface area contributed by atoms with Gasteiger partial charge in [-0.25, -0.2) is 18.9 Å². The molecule has 0 radical (unpaired) electrons. The Balaban J connectivity index is 2.79. The van der Waals surface area contributed by atoms with Crippen molar-refractivity contribution in [3.63, 3.8) is 0 Å². The highest BCUT2D eigenvalue weighted by Crippen LogP contribution is 2.06. The van der Waals surface area contributed by atoms with E-state index in [-0.39, 0.29) is 11.4 Å². The molecule has 1 saturated heterocycles. The van der Waals surface area contributed by atoms with Crippen LogP contribution in [0.15, 0.2) is 0 Å². The Hall–Kier alpha value is -1.66. The largest absolute Gasteiger partial charge is 0.478 e. The van der Waals surface area contributed by atoms with Crippen molar-refractivity contribution in [2.75, 3.05) is 6.54 Å². The van der Waals surface area contributed by atoms with E-state index in [9.17, 15) is 18.8 Å². The second kappa shape index (κ2) is 2.76. The van der Waals surface area contributed by atoms with Crippen LogP contribution in [0.1, 0.15) is 0 Å². The fraction of sp³-hybridized carbons (Fsp3) is 0.400. The average molecular weight is 176 g/mol. The van der Waals surface area contributed by atoms with Crippen LogP contribution < -0.4 is 5.32 Å². The highest BCUT2D eigenvalue weighted by atomic mass is 19.1. The van der Waals surface area contributed by atoms with E-state index in [2.05, 4.69) is 0 Å². The quantitative estimate of drug-likeness (QED) is 0.413. The molecule has 1 atom stereocenters. The molecule has 6 nitrogen and oxygen atoms in total. The van der Waals surface area contributed by atoms with Crippen molar-refractivity contribution in [3.8, 4) is 0 Å². The number of urea groups is 1. The molecule has 3 amide bonds. The van der Waals surface area contributed by atoms with Gasteiger partial charge in [-0.3, -0.25) is 4.79 Å². The van der Waals surface area contributed by atoms with Crippen molar-refractivity contribution in [1.29, 1.82) is 0 Å². The summed E-state index contributed by atoms with van der Waals surface area (Å²) in [5.41, 5.74) is 0. The van der Waals surface area contributed by atoms with Gasteiger partial charge in [-0.1, -0.05) is 0 Å². The maximum absolute atomic E-state index is 12.6. The summed E-state index contributed by atoms with van der Waals surface area (Å²) in [4.78, 5) is 31.3. The summed E-state index contributed by atoms with van der Waals surface area (Å²) in [5.74, 6) is -2.74. The lowest BCUT2D eigenvalue weighted by Gasteiger charge is -2.12. The molecule has 12 heavy (non-hydrogen) atoms. The van der Waals surface area contributed by atoms with Gasteiger partial charge in [-0.05, 0) is 0 Å². The molecule has 1 unspecified atom stereocenters. The normalized spacial score (nSPS) is 19.2. The van der Waals surface area contributed by atoms with Crippen LogP contribution in [-0.2, 0) is 9.59 Å². The van der Waals surface area contributed by atoms with Crippen LogP contribution in [0.2, 0.25) is 0 Å². The van der Waals surface area contributed by atoms with Gasteiger partial charge in [0.05, 0.1) is 6.54 Å². The lowest BCUT2D eigenvalue weighted by molar-refractivity contribution is -0.152. The summed E-state index contributed by atoms with van der Waals surface area (Å²) in [6, 6.07) is -1.02. The van der Waals surface area contributed by atoms with Crippen molar-refractivity contribution < 1.29 is 23.9 Å². The minimum absolute atomic E-state index is 0.0301. The Morgan fingerprint density at radius 1 is 1.67 bits per heavy atom. The van der Waals surface area contributed by atoms with E-state index in [1.807, 2.05) is 5.32 Å². The molecule has 0 spiro atoms. The first kappa shape index (κ1) is 8.44. The lowest BCUT2D eigenvalue weighted by atomic mass is 10.5. The number of aliphatic carboxylic acids is 1. The third-order valence-corrected chi connectivity index (χ3v) is 1.31. The summed E-state index contributed by atoms with van der Waals surface area (Å²) in [6.45, 7) is -0.355. The van der Waals surface area contributed by atoms with Crippen LogP contribution in [0.4, 0.5) is 9.18 Å². The number of carbonyl (C=O) groups is 3. The highest BCUT2D eigenvalue weighted by Gasteiger charge is 2.38. The van der Waals surface area contributed by atoms with E-state index in [0.29, 0.717) is 0 Å². The second-order valence-corrected chi connectivity index (χ2v) is 2.10. The molecule has 66 valence electrons. The van der Waals surface area contributed by atoms with Gasteiger partial charge in [0.1, 0.15) is 0 Å². The molecule has 7 heteroatoms. The van der Waals surface area contributed by atoms with Gasteiger partial charge in [-0.2, -0.15) is 0 Å². The van der Waals surface area contributed by atoms with E-state index in [4.69, 9.17) is 5.11 Å². The number of halogens is 1. The zero-order valence-electron chi connectivity index (χ0n) is 5.78. The molecule has 0 bridgehead atoms. The SMILES string of the molecule is O=C(O)C(F)N1C(=O)CNC1=O. The summed E-state index contributed by atoms with van der Waals surface area (Å²) in [7, 11) is 0. The number of carboxylic acid groups (broad SMARTS) is 1. The van der Waals surface area contributed by atoms with Crippen molar-refractivity contribution in [3.05, 3.63) is 0 Å². The van der Waals surface area contributed by atoms with Gasteiger partial charge in [0.2, 0.25) is 0 Å². The second-order valence-electron chi connectivity index (χ2n) is 2.10. The third kappa shape index (κ3) is 1.20. The van der Waals surface area contributed by atoms with Gasteiger partial charge in [0, 0.05) is 0 Å². The number of hydrogen-bond acceptors (Lipinski definition) is 3. The van der Waals surface area contributed by atoms with Crippen LogP contribution in [-0.4, -0.2) is 40.8 Å². The van der Waals surface area contributed by atoms with Crippen LogP contribution in [0.3, 0.4) is 0 Å². The van der Waals surface area contributed by atoms with Crippen molar-refractivity contribution in [2.45, 2.75) is 6.30 Å². The fourth-order valence-corrected chi connectivity index (χ4v) is 0.775. The van der Waals surface area contributed by atoms with Crippen LogP contribution >= 0.6 is 0 Å². The molecule has 1 aliphatic rings. The van der Waals surface area contributed by atoms with E-state index in [1.54, 1.807) is 0 Å². The Bertz CT molecular complexity index is 238. The summed E-state index contributed by atoms with van der Waals surface area (Å²) >= 11 is 0.